The van der Waals surface area contributed by atoms with Crippen molar-refractivity contribution in [2.75, 3.05) is 12.4 Å². The van der Waals surface area contributed by atoms with Crippen LogP contribution in [-0.4, -0.2) is 28.7 Å². The number of benzene rings is 2. The van der Waals surface area contributed by atoms with Crippen LogP contribution in [0.1, 0.15) is 5.56 Å². The van der Waals surface area contributed by atoms with Crippen LogP contribution in [0.2, 0.25) is 5.02 Å². The summed E-state index contributed by atoms with van der Waals surface area (Å²) in [5.41, 5.74) is 0.645. The molecule has 0 aliphatic rings. The predicted octanol–water partition coefficient (Wildman–Crippen LogP) is 2.85. The van der Waals surface area contributed by atoms with Gasteiger partial charge in [0.2, 0.25) is 0 Å². The number of carbonyl (C=O) groups is 2. The third-order valence-corrected chi connectivity index (χ3v) is 3.54. The molecule has 0 unspecified atom stereocenters. The average molecular weight is 348 g/mol. The number of non-ortho nitro benzene ring substituents is 1. The summed E-state index contributed by atoms with van der Waals surface area (Å²) >= 11 is 5.90. The number of rotatable bonds is 4. The summed E-state index contributed by atoms with van der Waals surface area (Å²) in [5, 5.41) is 13.2. The highest BCUT2D eigenvalue weighted by Gasteiger charge is 2.21. The SMILES string of the molecule is CN(Cc1ccccc1)C(=O)C(=O)Nc1cc([N+](=O)[O-])ccc1Cl. The summed E-state index contributed by atoms with van der Waals surface area (Å²) < 4.78 is 0. The lowest BCUT2D eigenvalue weighted by atomic mass is 10.2. The maximum atomic E-state index is 12.1. The maximum Gasteiger partial charge on any atom is 0.313 e. The topological polar surface area (TPSA) is 92.6 Å². The Hall–Kier alpha value is -2.93. The van der Waals surface area contributed by atoms with Crippen molar-refractivity contribution in [3.8, 4) is 0 Å². The molecule has 0 aliphatic carbocycles. The lowest BCUT2D eigenvalue weighted by Crippen LogP contribution is -2.36. The monoisotopic (exact) mass is 347 g/mol. The second-order valence-electron chi connectivity index (χ2n) is 5.02. The van der Waals surface area contributed by atoms with E-state index in [0.29, 0.717) is 0 Å². The van der Waals surface area contributed by atoms with Crippen molar-refractivity contribution in [2.24, 2.45) is 0 Å². The van der Waals surface area contributed by atoms with Crippen LogP contribution in [0, 0.1) is 10.1 Å². The highest BCUT2D eigenvalue weighted by molar-refractivity contribution is 6.41. The zero-order valence-corrected chi connectivity index (χ0v) is 13.5. The molecule has 0 heterocycles. The molecule has 124 valence electrons. The number of nitro benzene ring substituents is 1. The summed E-state index contributed by atoms with van der Waals surface area (Å²) in [5.74, 6) is -1.70. The Bertz CT molecular complexity index is 780. The van der Waals surface area contributed by atoms with Crippen molar-refractivity contribution in [2.45, 2.75) is 6.54 Å². The number of amides is 2. The predicted molar refractivity (Wildman–Crippen MR) is 89.7 cm³/mol. The van der Waals surface area contributed by atoms with Gasteiger partial charge in [0.05, 0.1) is 15.6 Å². The lowest BCUT2D eigenvalue weighted by Gasteiger charge is -2.17. The minimum absolute atomic E-state index is 0.0114. The third kappa shape index (κ3) is 4.30. The summed E-state index contributed by atoms with van der Waals surface area (Å²) in [6.07, 6.45) is 0. The molecule has 0 bridgehead atoms. The molecule has 0 radical (unpaired) electrons. The summed E-state index contributed by atoms with van der Waals surface area (Å²) in [6, 6.07) is 12.8. The number of nitrogens with one attached hydrogen (secondary N) is 1. The van der Waals surface area contributed by atoms with Crippen LogP contribution in [0.3, 0.4) is 0 Å². The molecule has 0 aromatic heterocycles. The van der Waals surface area contributed by atoms with E-state index in [9.17, 15) is 19.7 Å². The molecule has 0 saturated carbocycles. The third-order valence-electron chi connectivity index (χ3n) is 3.21. The molecule has 1 N–H and O–H groups in total. The second kappa shape index (κ2) is 7.56. The normalized spacial score (nSPS) is 10.1. The fourth-order valence-corrected chi connectivity index (χ4v) is 2.17. The minimum Gasteiger partial charge on any atom is -0.333 e. The van der Waals surface area contributed by atoms with Gasteiger partial charge >= 0.3 is 11.8 Å². The molecule has 8 heteroatoms. The van der Waals surface area contributed by atoms with Gasteiger partial charge in [0.25, 0.3) is 5.69 Å². The van der Waals surface area contributed by atoms with Gasteiger partial charge in [-0.2, -0.15) is 0 Å². The van der Waals surface area contributed by atoms with Crippen molar-refractivity contribution in [3.05, 3.63) is 69.2 Å². The highest BCUT2D eigenvalue weighted by Crippen LogP contribution is 2.26. The number of nitro groups is 1. The highest BCUT2D eigenvalue weighted by atomic mass is 35.5. The molecule has 0 atom stereocenters. The molecule has 0 saturated heterocycles. The first-order chi connectivity index (χ1) is 11.4. The number of halogens is 1. The quantitative estimate of drug-likeness (QED) is 0.523. The van der Waals surface area contributed by atoms with E-state index in [2.05, 4.69) is 5.32 Å². The van der Waals surface area contributed by atoms with E-state index in [1.54, 1.807) is 0 Å². The minimum atomic E-state index is -0.921. The van der Waals surface area contributed by atoms with Gasteiger partial charge in [-0.3, -0.25) is 19.7 Å². The van der Waals surface area contributed by atoms with E-state index >= 15 is 0 Å². The van der Waals surface area contributed by atoms with Crippen LogP contribution in [0.15, 0.2) is 48.5 Å². The van der Waals surface area contributed by atoms with E-state index in [0.717, 1.165) is 11.6 Å². The van der Waals surface area contributed by atoms with E-state index < -0.39 is 16.7 Å². The maximum absolute atomic E-state index is 12.1. The Morgan fingerprint density at radius 1 is 1.21 bits per heavy atom. The molecular formula is C16H14ClN3O4. The van der Waals surface area contributed by atoms with E-state index in [1.807, 2.05) is 30.3 Å². The average Bonchev–Trinajstić information content (AvgIpc) is 2.56. The van der Waals surface area contributed by atoms with Crippen LogP contribution in [0.5, 0.6) is 0 Å². The van der Waals surface area contributed by atoms with Gasteiger partial charge in [-0.15, -0.1) is 0 Å². The van der Waals surface area contributed by atoms with Crippen molar-refractivity contribution >= 4 is 34.8 Å². The first kappa shape index (κ1) is 17.4. The fourth-order valence-electron chi connectivity index (χ4n) is 2.00. The van der Waals surface area contributed by atoms with Crippen LogP contribution in [0.4, 0.5) is 11.4 Å². The standard InChI is InChI=1S/C16H14ClN3O4/c1-19(10-11-5-3-2-4-6-11)16(22)15(21)18-14-9-12(20(23)24)7-8-13(14)17/h2-9H,10H2,1H3,(H,18,21). The lowest BCUT2D eigenvalue weighted by molar-refractivity contribution is -0.384. The van der Waals surface area contributed by atoms with Gasteiger partial charge in [0, 0.05) is 25.7 Å². The summed E-state index contributed by atoms with van der Waals surface area (Å²) in [4.78, 5) is 35.6. The Kier molecular flexibility index (Phi) is 5.49. The Balaban J connectivity index is 2.07. The molecule has 2 aromatic carbocycles. The molecule has 7 nitrogen and oxygen atoms in total. The second-order valence-corrected chi connectivity index (χ2v) is 5.43. The van der Waals surface area contributed by atoms with Gasteiger partial charge in [-0.25, -0.2) is 0 Å². The molecule has 2 amide bonds. The number of anilines is 1. The molecule has 0 fully saturated rings. The number of carbonyl (C=O) groups excluding carboxylic acids is 2. The zero-order valence-electron chi connectivity index (χ0n) is 12.7. The van der Waals surface area contributed by atoms with E-state index in [4.69, 9.17) is 11.6 Å². The van der Waals surface area contributed by atoms with Crippen LogP contribution in [0.25, 0.3) is 0 Å². The van der Waals surface area contributed by atoms with E-state index in [1.165, 1.54) is 24.1 Å². The Labute approximate surface area is 143 Å². The largest absolute Gasteiger partial charge is 0.333 e. The fraction of sp³-hybridized carbons (Fsp3) is 0.125. The van der Waals surface area contributed by atoms with Gasteiger partial charge in [0.15, 0.2) is 0 Å². The Morgan fingerprint density at radius 2 is 1.88 bits per heavy atom. The number of hydrogen-bond donors (Lipinski definition) is 1. The first-order valence-corrected chi connectivity index (χ1v) is 7.30. The van der Waals surface area contributed by atoms with Crippen LogP contribution in [-0.2, 0) is 16.1 Å². The molecule has 2 rings (SSSR count). The summed E-state index contributed by atoms with van der Waals surface area (Å²) in [6.45, 7) is 0.260. The van der Waals surface area contributed by atoms with Gasteiger partial charge in [-0.1, -0.05) is 41.9 Å². The molecule has 0 spiro atoms. The molecular weight excluding hydrogens is 334 g/mol. The van der Waals surface area contributed by atoms with Crippen molar-refractivity contribution in [1.29, 1.82) is 0 Å². The van der Waals surface area contributed by atoms with Crippen LogP contribution >= 0.6 is 11.6 Å². The Morgan fingerprint density at radius 3 is 2.50 bits per heavy atom. The number of likely N-dealkylation sites (N-methyl/N-ethyl adjacent to an activating group) is 1. The first-order valence-electron chi connectivity index (χ1n) is 6.93. The van der Waals surface area contributed by atoms with Gasteiger partial charge in [0.1, 0.15) is 0 Å². The van der Waals surface area contributed by atoms with Crippen molar-refractivity contribution in [3.63, 3.8) is 0 Å². The zero-order chi connectivity index (χ0) is 17.7. The van der Waals surface area contributed by atoms with Crippen molar-refractivity contribution in [1.82, 2.24) is 4.90 Å². The molecule has 2 aromatic rings. The van der Waals surface area contributed by atoms with Gasteiger partial charge in [-0.05, 0) is 11.6 Å². The van der Waals surface area contributed by atoms with Crippen molar-refractivity contribution < 1.29 is 14.5 Å². The molecule has 24 heavy (non-hydrogen) atoms. The molecule has 0 aliphatic heterocycles. The van der Waals surface area contributed by atoms with Gasteiger partial charge < -0.3 is 10.2 Å². The number of nitrogens with zero attached hydrogens (tertiary/aromatic N) is 2. The number of hydrogen-bond acceptors (Lipinski definition) is 4. The van der Waals surface area contributed by atoms with Crippen LogP contribution < -0.4 is 5.32 Å². The smallest absolute Gasteiger partial charge is 0.313 e. The van der Waals surface area contributed by atoms with E-state index in [-0.39, 0.29) is 22.9 Å². The summed E-state index contributed by atoms with van der Waals surface area (Å²) in [7, 11) is 1.49.